The average molecular weight is 503 g/mol. The SMILES string of the molecule is CC(C)(O)c1cc2c3ccccc3n([C@@H]3CCN(SNc4ccc(OC(F)(F)F)cc4)C3)c2cn1. The molecule has 35 heavy (non-hydrogen) atoms. The van der Waals surface area contributed by atoms with Crippen molar-refractivity contribution < 1.29 is 23.0 Å². The third kappa shape index (κ3) is 5.05. The molecule has 10 heteroatoms. The number of aliphatic hydroxyl groups is 1. The Balaban J connectivity index is 1.33. The Kier molecular flexibility index (Phi) is 6.06. The van der Waals surface area contributed by atoms with Crippen molar-refractivity contribution in [3.8, 4) is 5.75 Å². The minimum absolute atomic E-state index is 0.226. The first kappa shape index (κ1) is 23.8. The lowest BCUT2D eigenvalue weighted by atomic mass is 10.0. The highest BCUT2D eigenvalue weighted by Crippen LogP contribution is 2.37. The number of rotatable bonds is 6. The highest BCUT2D eigenvalue weighted by Gasteiger charge is 2.31. The molecule has 0 unspecified atom stereocenters. The number of halogens is 3. The van der Waals surface area contributed by atoms with Gasteiger partial charge in [0.1, 0.15) is 11.4 Å². The Morgan fingerprint density at radius 2 is 1.80 bits per heavy atom. The molecular formula is C25H25F3N4O2S. The summed E-state index contributed by atoms with van der Waals surface area (Å²) in [6, 6.07) is 16.1. The van der Waals surface area contributed by atoms with Crippen LogP contribution in [0, 0.1) is 0 Å². The number of alkyl halides is 3. The van der Waals surface area contributed by atoms with E-state index in [-0.39, 0.29) is 11.8 Å². The van der Waals surface area contributed by atoms with E-state index in [1.807, 2.05) is 24.4 Å². The molecule has 4 aromatic rings. The van der Waals surface area contributed by atoms with Gasteiger partial charge in [0.25, 0.3) is 0 Å². The molecule has 1 aliphatic rings. The van der Waals surface area contributed by atoms with Gasteiger partial charge in [-0.3, -0.25) is 4.98 Å². The van der Waals surface area contributed by atoms with Crippen LogP contribution in [0.15, 0.2) is 60.8 Å². The predicted molar refractivity (Wildman–Crippen MR) is 132 cm³/mol. The van der Waals surface area contributed by atoms with Crippen molar-refractivity contribution in [1.82, 2.24) is 13.9 Å². The number of ether oxygens (including phenoxy) is 1. The zero-order chi connectivity index (χ0) is 24.8. The molecule has 3 heterocycles. The number of anilines is 1. The van der Waals surface area contributed by atoms with Gasteiger partial charge in [-0.15, -0.1) is 13.2 Å². The Morgan fingerprint density at radius 1 is 1.06 bits per heavy atom. The van der Waals surface area contributed by atoms with Gasteiger partial charge in [-0.1, -0.05) is 18.2 Å². The summed E-state index contributed by atoms with van der Waals surface area (Å²) in [6.45, 7) is 5.10. The summed E-state index contributed by atoms with van der Waals surface area (Å²) in [5.41, 5.74) is 2.45. The zero-order valence-corrected chi connectivity index (χ0v) is 20.0. The summed E-state index contributed by atoms with van der Waals surface area (Å²) in [6.07, 6.45) is -1.91. The van der Waals surface area contributed by atoms with Crippen LogP contribution in [0.2, 0.25) is 0 Å². The van der Waals surface area contributed by atoms with Gasteiger partial charge < -0.3 is 19.1 Å². The van der Waals surface area contributed by atoms with Gasteiger partial charge in [-0.05, 0) is 56.7 Å². The van der Waals surface area contributed by atoms with Crippen LogP contribution in [0.4, 0.5) is 18.9 Å². The minimum Gasteiger partial charge on any atom is -0.406 e. The summed E-state index contributed by atoms with van der Waals surface area (Å²) in [5, 5.41) is 12.6. The predicted octanol–water partition coefficient (Wildman–Crippen LogP) is 6.24. The smallest absolute Gasteiger partial charge is 0.406 e. The minimum atomic E-state index is -4.70. The molecule has 1 atom stereocenters. The van der Waals surface area contributed by atoms with Gasteiger partial charge in [0.2, 0.25) is 0 Å². The Morgan fingerprint density at radius 3 is 2.51 bits per heavy atom. The van der Waals surface area contributed by atoms with Crippen LogP contribution in [0.5, 0.6) is 5.75 Å². The van der Waals surface area contributed by atoms with Crippen molar-refractivity contribution in [3.05, 3.63) is 66.5 Å². The maximum Gasteiger partial charge on any atom is 0.573 e. The fourth-order valence-electron chi connectivity index (χ4n) is 4.47. The number of aromatic nitrogens is 2. The van der Waals surface area contributed by atoms with Gasteiger partial charge in [0.15, 0.2) is 0 Å². The summed E-state index contributed by atoms with van der Waals surface area (Å²) >= 11 is 1.43. The molecule has 1 saturated heterocycles. The second-order valence-electron chi connectivity index (χ2n) is 9.13. The van der Waals surface area contributed by atoms with E-state index in [0.29, 0.717) is 11.4 Å². The Hall–Kier alpha value is -2.95. The molecule has 0 amide bonds. The molecule has 1 aliphatic heterocycles. The number of nitrogens with one attached hydrogen (secondary N) is 1. The van der Waals surface area contributed by atoms with Crippen molar-refractivity contribution in [1.29, 1.82) is 0 Å². The molecule has 6 nitrogen and oxygen atoms in total. The molecule has 2 aromatic heterocycles. The standard InChI is InChI=1S/C25H25F3N4O2S/c1-24(2,33)23-13-20-19-5-3-4-6-21(19)32(22(20)14-29-23)17-11-12-31(15-17)35-30-16-7-9-18(10-8-16)34-25(26,27)28/h3-10,13-14,17,30,33H,11-12,15H2,1-2H3/t17-/m1/s1. The number of hydrogen-bond acceptors (Lipinski definition) is 6. The van der Waals surface area contributed by atoms with Crippen LogP contribution < -0.4 is 9.46 Å². The van der Waals surface area contributed by atoms with E-state index in [9.17, 15) is 18.3 Å². The van der Waals surface area contributed by atoms with E-state index >= 15 is 0 Å². The highest BCUT2D eigenvalue weighted by atomic mass is 32.2. The third-order valence-corrected chi connectivity index (χ3v) is 7.01. The van der Waals surface area contributed by atoms with Crippen LogP contribution in [0.1, 0.15) is 32.0 Å². The van der Waals surface area contributed by atoms with Crippen LogP contribution >= 0.6 is 12.1 Å². The van der Waals surface area contributed by atoms with E-state index < -0.39 is 12.0 Å². The first-order valence-corrected chi connectivity index (χ1v) is 12.0. The highest BCUT2D eigenvalue weighted by molar-refractivity contribution is 7.98. The molecule has 2 N–H and O–H groups in total. The third-order valence-electron chi connectivity index (χ3n) is 6.09. The van der Waals surface area contributed by atoms with E-state index in [1.54, 1.807) is 26.0 Å². The average Bonchev–Trinajstić information content (AvgIpc) is 3.39. The molecule has 0 saturated carbocycles. The molecule has 2 aromatic carbocycles. The van der Waals surface area contributed by atoms with Gasteiger partial charge in [-0.2, -0.15) is 0 Å². The molecule has 0 bridgehead atoms. The van der Waals surface area contributed by atoms with Gasteiger partial charge in [0.05, 0.1) is 17.4 Å². The fourth-order valence-corrected chi connectivity index (χ4v) is 5.29. The second kappa shape index (κ2) is 8.92. The van der Waals surface area contributed by atoms with Crippen molar-refractivity contribution >= 4 is 39.6 Å². The fraction of sp³-hybridized carbons (Fsp3) is 0.320. The number of fused-ring (bicyclic) bond motifs is 3. The van der Waals surface area contributed by atoms with Crippen LogP contribution in [-0.2, 0) is 5.60 Å². The van der Waals surface area contributed by atoms with Crippen LogP contribution in [-0.4, -0.2) is 38.4 Å². The van der Waals surface area contributed by atoms with Crippen LogP contribution in [0.25, 0.3) is 21.8 Å². The molecule has 0 spiro atoms. The molecule has 0 aliphatic carbocycles. The lowest BCUT2D eigenvalue weighted by Crippen LogP contribution is -2.18. The van der Waals surface area contributed by atoms with E-state index in [2.05, 4.69) is 35.4 Å². The quantitative estimate of drug-likeness (QED) is 0.305. The summed E-state index contributed by atoms with van der Waals surface area (Å²) < 4.78 is 48.7. The van der Waals surface area contributed by atoms with Gasteiger partial charge >= 0.3 is 6.36 Å². The number of para-hydroxylation sites is 1. The van der Waals surface area contributed by atoms with Crippen molar-refractivity contribution in [2.75, 3.05) is 17.8 Å². The largest absolute Gasteiger partial charge is 0.573 e. The lowest BCUT2D eigenvalue weighted by molar-refractivity contribution is -0.274. The first-order valence-electron chi connectivity index (χ1n) is 11.2. The normalized spacial score (nSPS) is 17.4. The number of hydrogen-bond donors (Lipinski definition) is 2. The van der Waals surface area contributed by atoms with E-state index in [1.165, 1.54) is 24.3 Å². The monoisotopic (exact) mass is 502 g/mol. The summed E-state index contributed by atoms with van der Waals surface area (Å²) in [4.78, 5) is 4.55. The number of pyridine rings is 1. The topological polar surface area (TPSA) is 62.5 Å². The van der Waals surface area contributed by atoms with Gasteiger partial charge in [-0.25, -0.2) is 4.31 Å². The number of nitrogens with zero attached hydrogens (tertiary/aromatic N) is 3. The Labute approximate surface area is 205 Å². The molecule has 1 fully saturated rings. The van der Waals surface area contributed by atoms with Crippen molar-refractivity contribution in [2.24, 2.45) is 0 Å². The Bertz CT molecular complexity index is 1350. The maximum absolute atomic E-state index is 12.3. The zero-order valence-electron chi connectivity index (χ0n) is 19.2. The summed E-state index contributed by atoms with van der Waals surface area (Å²) in [5.74, 6) is -0.248. The number of benzene rings is 2. The van der Waals surface area contributed by atoms with E-state index in [4.69, 9.17) is 0 Å². The summed E-state index contributed by atoms with van der Waals surface area (Å²) in [7, 11) is 0. The van der Waals surface area contributed by atoms with Crippen molar-refractivity contribution in [3.63, 3.8) is 0 Å². The van der Waals surface area contributed by atoms with Crippen molar-refractivity contribution in [2.45, 2.75) is 38.3 Å². The first-order chi connectivity index (χ1) is 16.6. The molecule has 0 radical (unpaired) electrons. The maximum atomic E-state index is 12.3. The van der Waals surface area contributed by atoms with Gasteiger partial charge in [0, 0.05) is 53.2 Å². The lowest BCUT2D eigenvalue weighted by Gasteiger charge is -2.19. The van der Waals surface area contributed by atoms with E-state index in [0.717, 1.165) is 41.3 Å². The second-order valence-corrected chi connectivity index (χ2v) is 10.0. The van der Waals surface area contributed by atoms with Crippen LogP contribution in [0.3, 0.4) is 0 Å². The molecular weight excluding hydrogens is 477 g/mol. The molecule has 5 rings (SSSR count). The molecule has 184 valence electrons.